The average Bonchev–Trinajstić information content (AvgIpc) is 3.21. The number of carbonyl (C=O) groups is 1. The van der Waals surface area contributed by atoms with E-state index in [1.807, 2.05) is 11.4 Å². The Kier molecular flexibility index (Phi) is 7.55. The van der Waals surface area contributed by atoms with Crippen molar-refractivity contribution in [3.05, 3.63) is 58.9 Å². The number of thiazole rings is 1. The predicted octanol–water partition coefficient (Wildman–Crippen LogP) is 5.68. The standard InChI is InChI=1S/C22H21FN4OS2/c1-3-4-5-18-11-8-16(12-24)21(25-18)30-14(2)20(28)27-22-26-19(13-29-22)15-6-9-17(23)10-7-15/h6-11,13-14H,3-5H2,1-2H3,(H,26,27,28). The van der Waals surface area contributed by atoms with Gasteiger partial charge in [-0.05, 0) is 56.2 Å². The monoisotopic (exact) mass is 440 g/mol. The maximum atomic E-state index is 13.1. The minimum absolute atomic E-state index is 0.218. The predicted molar refractivity (Wildman–Crippen MR) is 119 cm³/mol. The molecule has 0 spiro atoms. The van der Waals surface area contributed by atoms with Crippen molar-refractivity contribution in [2.75, 3.05) is 5.32 Å². The van der Waals surface area contributed by atoms with Gasteiger partial charge in [0.1, 0.15) is 16.9 Å². The van der Waals surface area contributed by atoms with E-state index in [0.29, 0.717) is 21.4 Å². The van der Waals surface area contributed by atoms with Crippen LogP contribution in [0.3, 0.4) is 0 Å². The van der Waals surface area contributed by atoms with Crippen molar-refractivity contribution in [3.63, 3.8) is 0 Å². The third-order valence-corrected chi connectivity index (χ3v) is 6.22. The molecule has 1 atom stereocenters. The second-order valence-electron chi connectivity index (χ2n) is 6.66. The van der Waals surface area contributed by atoms with Crippen LogP contribution in [0.4, 0.5) is 9.52 Å². The van der Waals surface area contributed by atoms with E-state index in [1.165, 1.54) is 35.2 Å². The van der Waals surface area contributed by atoms with Crippen LogP contribution in [-0.4, -0.2) is 21.1 Å². The average molecular weight is 441 g/mol. The van der Waals surface area contributed by atoms with Gasteiger partial charge in [0.05, 0.1) is 16.5 Å². The van der Waals surface area contributed by atoms with Crippen LogP contribution < -0.4 is 5.32 Å². The quantitative estimate of drug-likeness (QED) is 0.456. The van der Waals surface area contributed by atoms with Gasteiger partial charge >= 0.3 is 0 Å². The molecule has 1 amide bonds. The molecule has 0 fully saturated rings. The summed E-state index contributed by atoms with van der Waals surface area (Å²) in [6, 6.07) is 11.8. The second-order valence-corrected chi connectivity index (χ2v) is 8.85. The molecule has 0 aliphatic rings. The third kappa shape index (κ3) is 5.65. The van der Waals surface area contributed by atoms with Crippen LogP contribution in [0.25, 0.3) is 11.3 Å². The Hall–Kier alpha value is -2.76. The zero-order valence-corrected chi connectivity index (χ0v) is 18.3. The van der Waals surface area contributed by atoms with Gasteiger partial charge in [-0.1, -0.05) is 25.1 Å². The molecule has 5 nitrogen and oxygen atoms in total. The van der Waals surface area contributed by atoms with E-state index in [1.54, 1.807) is 25.1 Å². The van der Waals surface area contributed by atoms with Gasteiger partial charge in [0, 0.05) is 16.6 Å². The zero-order chi connectivity index (χ0) is 21.5. The van der Waals surface area contributed by atoms with E-state index in [-0.39, 0.29) is 11.7 Å². The van der Waals surface area contributed by atoms with E-state index in [2.05, 4.69) is 28.3 Å². The molecule has 0 aliphatic carbocycles. The fraction of sp³-hybridized carbons (Fsp3) is 0.273. The molecule has 1 unspecified atom stereocenters. The van der Waals surface area contributed by atoms with Gasteiger partial charge in [0.2, 0.25) is 5.91 Å². The fourth-order valence-corrected chi connectivity index (χ4v) is 4.30. The highest BCUT2D eigenvalue weighted by Gasteiger charge is 2.19. The van der Waals surface area contributed by atoms with Crippen LogP contribution in [0.2, 0.25) is 0 Å². The SMILES string of the molecule is CCCCc1ccc(C#N)c(SC(C)C(=O)Nc2nc(-c3ccc(F)cc3)cs2)n1. The van der Waals surface area contributed by atoms with Crippen molar-refractivity contribution < 1.29 is 9.18 Å². The number of pyridine rings is 1. The molecule has 0 bridgehead atoms. The summed E-state index contributed by atoms with van der Waals surface area (Å²) in [5, 5.41) is 14.6. The van der Waals surface area contributed by atoms with E-state index < -0.39 is 5.25 Å². The van der Waals surface area contributed by atoms with Crippen molar-refractivity contribution in [1.29, 1.82) is 5.26 Å². The Morgan fingerprint density at radius 3 is 2.73 bits per heavy atom. The molecular weight excluding hydrogens is 419 g/mol. The van der Waals surface area contributed by atoms with Crippen LogP contribution in [0.1, 0.15) is 37.9 Å². The summed E-state index contributed by atoms with van der Waals surface area (Å²) in [6.07, 6.45) is 2.94. The van der Waals surface area contributed by atoms with Gasteiger partial charge in [-0.3, -0.25) is 4.79 Å². The van der Waals surface area contributed by atoms with Gasteiger partial charge in [-0.25, -0.2) is 14.4 Å². The molecule has 2 heterocycles. The van der Waals surface area contributed by atoms with Crippen molar-refractivity contribution in [2.45, 2.75) is 43.4 Å². The molecular formula is C22H21FN4OS2. The molecule has 3 aromatic rings. The highest BCUT2D eigenvalue weighted by Crippen LogP contribution is 2.28. The number of carbonyl (C=O) groups excluding carboxylic acids is 1. The Balaban J connectivity index is 1.66. The largest absolute Gasteiger partial charge is 0.301 e. The van der Waals surface area contributed by atoms with Crippen molar-refractivity contribution >= 4 is 34.1 Å². The number of unbranched alkanes of at least 4 members (excludes halogenated alkanes) is 1. The number of nitrogens with one attached hydrogen (secondary N) is 1. The van der Waals surface area contributed by atoms with Crippen molar-refractivity contribution in [3.8, 4) is 17.3 Å². The summed E-state index contributed by atoms with van der Waals surface area (Å²) in [7, 11) is 0. The lowest BCUT2D eigenvalue weighted by Crippen LogP contribution is -2.22. The number of rotatable bonds is 8. The number of halogens is 1. The number of benzene rings is 1. The number of nitriles is 1. The molecule has 1 N–H and O–H groups in total. The number of aryl methyl sites for hydroxylation is 1. The first-order chi connectivity index (χ1) is 14.5. The second kappa shape index (κ2) is 10.3. The maximum Gasteiger partial charge on any atom is 0.239 e. The molecule has 0 saturated carbocycles. The number of hydrogen-bond acceptors (Lipinski definition) is 6. The lowest BCUT2D eigenvalue weighted by Gasteiger charge is -2.12. The molecule has 0 aliphatic heterocycles. The molecule has 2 aromatic heterocycles. The van der Waals surface area contributed by atoms with E-state index in [0.717, 1.165) is 30.5 Å². The number of hydrogen-bond donors (Lipinski definition) is 1. The molecule has 3 rings (SSSR count). The number of anilines is 1. The maximum absolute atomic E-state index is 13.1. The molecule has 154 valence electrons. The lowest BCUT2D eigenvalue weighted by atomic mass is 10.2. The van der Waals surface area contributed by atoms with Crippen LogP contribution in [0, 0.1) is 17.1 Å². The van der Waals surface area contributed by atoms with E-state index >= 15 is 0 Å². The van der Waals surface area contributed by atoms with Crippen LogP contribution >= 0.6 is 23.1 Å². The molecule has 30 heavy (non-hydrogen) atoms. The molecule has 1 aromatic carbocycles. The normalized spacial score (nSPS) is 11.7. The van der Waals surface area contributed by atoms with Crippen LogP contribution in [-0.2, 0) is 11.2 Å². The Bertz CT molecular complexity index is 1060. The molecule has 0 radical (unpaired) electrons. The van der Waals surface area contributed by atoms with Gasteiger partial charge in [0.25, 0.3) is 0 Å². The first kappa shape index (κ1) is 21.9. The van der Waals surface area contributed by atoms with Gasteiger partial charge in [0.15, 0.2) is 5.13 Å². The fourth-order valence-electron chi connectivity index (χ4n) is 2.66. The Labute approximate surface area is 183 Å². The summed E-state index contributed by atoms with van der Waals surface area (Å²) in [6.45, 7) is 3.89. The Morgan fingerprint density at radius 2 is 2.03 bits per heavy atom. The molecule has 8 heteroatoms. The summed E-state index contributed by atoms with van der Waals surface area (Å²) in [4.78, 5) is 21.6. The van der Waals surface area contributed by atoms with Crippen LogP contribution in [0.15, 0.2) is 46.8 Å². The van der Waals surface area contributed by atoms with Crippen molar-refractivity contribution in [1.82, 2.24) is 9.97 Å². The topological polar surface area (TPSA) is 78.7 Å². The summed E-state index contributed by atoms with van der Waals surface area (Å²) in [5.41, 5.74) is 2.84. The van der Waals surface area contributed by atoms with Gasteiger partial charge in [-0.15, -0.1) is 11.3 Å². The first-order valence-electron chi connectivity index (χ1n) is 9.59. The number of nitrogens with zero attached hydrogens (tertiary/aromatic N) is 3. The summed E-state index contributed by atoms with van der Waals surface area (Å²) < 4.78 is 13.1. The Morgan fingerprint density at radius 1 is 1.27 bits per heavy atom. The number of amides is 1. The highest BCUT2D eigenvalue weighted by molar-refractivity contribution is 8.00. The van der Waals surface area contributed by atoms with Gasteiger partial charge in [-0.2, -0.15) is 5.26 Å². The smallest absolute Gasteiger partial charge is 0.239 e. The minimum atomic E-state index is -0.454. The first-order valence-corrected chi connectivity index (χ1v) is 11.3. The van der Waals surface area contributed by atoms with E-state index in [4.69, 9.17) is 0 Å². The van der Waals surface area contributed by atoms with Gasteiger partial charge < -0.3 is 5.32 Å². The highest BCUT2D eigenvalue weighted by atomic mass is 32.2. The summed E-state index contributed by atoms with van der Waals surface area (Å²) >= 11 is 2.57. The number of aromatic nitrogens is 2. The minimum Gasteiger partial charge on any atom is -0.301 e. The zero-order valence-electron chi connectivity index (χ0n) is 16.7. The van der Waals surface area contributed by atoms with E-state index in [9.17, 15) is 14.4 Å². The number of thioether (sulfide) groups is 1. The summed E-state index contributed by atoms with van der Waals surface area (Å²) in [5.74, 6) is -0.526. The lowest BCUT2D eigenvalue weighted by molar-refractivity contribution is -0.115. The van der Waals surface area contributed by atoms with Crippen molar-refractivity contribution in [2.24, 2.45) is 0 Å². The third-order valence-electron chi connectivity index (χ3n) is 4.36. The molecule has 0 saturated heterocycles. The van der Waals surface area contributed by atoms with Crippen LogP contribution in [0.5, 0.6) is 0 Å².